The van der Waals surface area contributed by atoms with Gasteiger partial charge in [-0.1, -0.05) is 86.6 Å². The van der Waals surface area contributed by atoms with Crippen LogP contribution >= 0.6 is 0 Å². The number of H-pyrrole nitrogens is 1. The van der Waals surface area contributed by atoms with E-state index in [1.807, 2.05) is 0 Å². The summed E-state index contributed by atoms with van der Waals surface area (Å²) in [6, 6.07) is 63.0. The number of nitrogens with zero attached hydrogens (tertiary/aromatic N) is 2. The second kappa shape index (κ2) is 12.4. The Balaban J connectivity index is 1.05. The molecule has 3 heteroatoms. The molecule has 11 aromatic rings. The molecule has 0 amide bonds. The zero-order valence-electron chi connectivity index (χ0n) is 31.0. The van der Waals surface area contributed by atoms with E-state index in [-0.39, 0.29) is 0 Å². The van der Waals surface area contributed by atoms with Gasteiger partial charge in [0.05, 0.1) is 22.1 Å². The molecule has 0 bridgehead atoms. The minimum Gasteiger partial charge on any atom is -0.355 e. The van der Waals surface area contributed by atoms with Gasteiger partial charge in [-0.2, -0.15) is 0 Å². The van der Waals surface area contributed by atoms with Crippen molar-refractivity contribution >= 4 is 65.4 Å². The lowest BCUT2D eigenvalue weighted by Crippen LogP contribution is -1.93. The Morgan fingerprint density at radius 2 is 0.691 bits per heavy atom. The molecule has 0 saturated carbocycles. The molecule has 0 aliphatic heterocycles. The Morgan fingerprint density at radius 3 is 1.09 bits per heavy atom. The van der Waals surface area contributed by atoms with Crippen molar-refractivity contribution in [2.75, 3.05) is 0 Å². The average molecular weight is 706 g/mol. The third-order valence-corrected chi connectivity index (χ3v) is 11.8. The van der Waals surface area contributed by atoms with Crippen LogP contribution in [0.15, 0.2) is 170 Å². The summed E-state index contributed by atoms with van der Waals surface area (Å²) in [5, 5.41) is 7.64. The second-order valence-corrected chi connectivity index (χ2v) is 14.9. The summed E-state index contributed by atoms with van der Waals surface area (Å²) >= 11 is 0. The van der Waals surface area contributed by atoms with E-state index < -0.39 is 0 Å². The third kappa shape index (κ3) is 4.97. The number of aryl methyl sites for hydroxylation is 2. The quantitative estimate of drug-likeness (QED) is 0.178. The molecule has 0 saturated heterocycles. The molecular weight excluding hydrogens is 667 g/mol. The summed E-state index contributed by atoms with van der Waals surface area (Å²) in [6.07, 6.45) is 2.02. The van der Waals surface area contributed by atoms with E-state index in [2.05, 4.69) is 198 Å². The Bertz CT molecular complexity index is 3050. The summed E-state index contributed by atoms with van der Waals surface area (Å²) in [7, 11) is 0. The Hall–Kier alpha value is -6.84. The maximum atomic E-state index is 3.70. The molecule has 0 aliphatic rings. The molecule has 0 fully saturated rings. The van der Waals surface area contributed by atoms with Crippen LogP contribution in [0.3, 0.4) is 0 Å². The van der Waals surface area contributed by atoms with E-state index >= 15 is 0 Å². The van der Waals surface area contributed by atoms with Gasteiger partial charge in [0.15, 0.2) is 0 Å². The lowest BCUT2D eigenvalue weighted by Gasteiger charge is -2.09. The van der Waals surface area contributed by atoms with Crippen molar-refractivity contribution in [2.24, 2.45) is 0 Å². The topological polar surface area (TPSA) is 25.6 Å². The van der Waals surface area contributed by atoms with Crippen molar-refractivity contribution in [3.05, 3.63) is 181 Å². The van der Waals surface area contributed by atoms with Gasteiger partial charge < -0.3 is 14.1 Å². The Kier molecular flexibility index (Phi) is 7.12. The molecule has 55 heavy (non-hydrogen) atoms. The number of fused-ring (bicyclic) bond motifs is 9. The van der Waals surface area contributed by atoms with Crippen molar-refractivity contribution in [3.63, 3.8) is 0 Å². The van der Waals surface area contributed by atoms with Gasteiger partial charge >= 0.3 is 0 Å². The van der Waals surface area contributed by atoms with Crippen LogP contribution in [0.1, 0.15) is 25.0 Å². The zero-order valence-corrected chi connectivity index (χ0v) is 31.0. The first-order chi connectivity index (χ1) is 27.1. The van der Waals surface area contributed by atoms with Crippen molar-refractivity contribution in [1.82, 2.24) is 14.1 Å². The predicted octanol–water partition coefficient (Wildman–Crippen LogP) is 14.0. The number of hydrogen-bond donors (Lipinski definition) is 1. The monoisotopic (exact) mass is 705 g/mol. The summed E-state index contributed by atoms with van der Waals surface area (Å²) in [4.78, 5) is 3.70. The highest BCUT2D eigenvalue weighted by Crippen LogP contribution is 2.39. The minimum absolute atomic E-state index is 1.01. The van der Waals surface area contributed by atoms with Gasteiger partial charge in [0.2, 0.25) is 0 Å². The van der Waals surface area contributed by atoms with Crippen LogP contribution in [0.2, 0.25) is 0 Å². The van der Waals surface area contributed by atoms with Crippen LogP contribution in [-0.2, 0) is 12.8 Å². The van der Waals surface area contributed by atoms with E-state index in [1.165, 1.54) is 99.1 Å². The fraction of sp³-hybridized carbons (Fsp3) is 0.0769. The molecule has 8 aromatic carbocycles. The van der Waals surface area contributed by atoms with Gasteiger partial charge in [-0.15, -0.1) is 0 Å². The predicted molar refractivity (Wildman–Crippen MR) is 234 cm³/mol. The van der Waals surface area contributed by atoms with Crippen molar-refractivity contribution in [3.8, 4) is 33.6 Å². The van der Waals surface area contributed by atoms with E-state index in [4.69, 9.17) is 0 Å². The fourth-order valence-electron chi connectivity index (χ4n) is 8.91. The van der Waals surface area contributed by atoms with Gasteiger partial charge in [-0.3, -0.25) is 0 Å². The normalized spacial score (nSPS) is 12.0. The van der Waals surface area contributed by atoms with Crippen LogP contribution in [-0.4, -0.2) is 14.1 Å². The number of aromatic nitrogens is 3. The van der Waals surface area contributed by atoms with Crippen molar-refractivity contribution < 1.29 is 0 Å². The van der Waals surface area contributed by atoms with E-state index in [1.54, 1.807) is 0 Å². The molecule has 0 spiro atoms. The van der Waals surface area contributed by atoms with Crippen LogP contribution in [0.5, 0.6) is 0 Å². The fourth-order valence-corrected chi connectivity index (χ4v) is 8.91. The number of para-hydroxylation sites is 2. The van der Waals surface area contributed by atoms with Gasteiger partial charge in [-0.25, -0.2) is 0 Å². The van der Waals surface area contributed by atoms with Crippen LogP contribution in [0.4, 0.5) is 0 Å². The molecule has 3 heterocycles. The van der Waals surface area contributed by atoms with Crippen molar-refractivity contribution in [2.45, 2.75) is 26.7 Å². The zero-order chi connectivity index (χ0) is 36.6. The molecule has 11 rings (SSSR count). The molecule has 0 aliphatic carbocycles. The largest absolute Gasteiger partial charge is 0.355 e. The van der Waals surface area contributed by atoms with Gasteiger partial charge in [-0.05, 0) is 143 Å². The van der Waals surface area contributed by atoms with Crippen LogP contribution in [0.25, 0.3) is 99.0 Å². The second-order valence-electron chi connectivity index (χ2n) is 14.9. The first kappa shape index (κ1) is 31.7. The van der Waals surface area contributed by atoms with E-state index in [0.717, 1.165) is 23.9 Å². The molecule has 3 aromatic heterocycles. The number of benzene rings is 8. The van der Waals surface area contributed by atoms with E-state index in [0.29, 0.717) is 0 Å². The Labute approximate surface area is 319 Å². The molecule has 0 atom stereocenters. The highest BCUT2D eigenvalue weighted by molar-refractivity contribution is 6.14. The smallest absolute Gasteiger partial charge is 0.0541 e. The summed E-state index contributed by atoms with van der Waals surface area (Å²) in [5.74, 6) is 0. The summed E-state index contributed by atoms with van der Waals surface area (Å²) in [6.45, 7) is 4.46. The number of nitrogens with one attached hydrogen (secondary N) is 1. The maximum absolute atomic E-state index is 3.70. The molecule has 1 N–H and O–H groups in total. The van der Waals surface area contributed by atoms with Crippen LogP contribution in [0, 0.1) is 0 Å². The SMILES string of the molecule is CCc1ccc2c(c1)c1cc(-c3ccc4[nH]c5ccc(-c6ccc7c(c6)c6cc(CC)ccc6n7-c6ccccc6)cc5c4c3)ccc1n2-c1ccccc1. The standard InChI is InChI=1S/C52H39N3/c1-3-33-15-23-49-43(27-33)45-31-37(19-25-51(45)54(49)39-11-7-5-8-12-39)35-17-21-47-41(29-35)42-30-36(18-22-48(42)53-47)38-20-26-52-46(32-38)44-28-34(4-2)16-24-50(44)55(52)40-13-9-6-10-14-40/h5-32,53H,3-4H2,1-2H3. The lowest BCUT2D eigenvalue weighted by molar-refractivity contribution is 1.14. The van der Waals surface area contributed by atoms with Crippen LogP contribution < -0.4 is 0 Å². The molecular formula is C52H39N3. The van der Waals surface area contributed by atoms with Gasteiger partial charge in [0, 0.05) is 54.7 Å². The highest BCUT2D eigenvalue weighted by atomic mass is 15.0. The number of aromatic amines is 1. The van der Waals surface area contributed by atoms with Gasteiger partial charge in [0.25, 0.3) is 0 Å². The number of hydrogen-bond acceptors (Lipinski definition) is 0. The average Bonchev–Trinajstić information content (AvgIpc) is 3.90. The lowest BCUT2D eigenvalue weighted by atomic mass is 9.98. The van der Waals surface area contributed by atoms with Gasteiger partial charge in [0.1, 0.15) is 0 Å². The molecule has 0 radical (unpaired) electrons. The Morgan fingerprint density at radius 1 is 0.345 bits per heavy atom. The molecule has 0 unspecified atom stereocenters. The summed E-state index contributed by atoms with van der Waals surface area (Å²) < 4.78 is 4.80. The number of rotatable bonds is 6. The van der Waals surface area contributed by atoms with E-state index in [9.17, 15) is 0 Å². The first-order valence-electron chi connectivity index (χ1n) is 19.5. The minimum atomic E-state index is 1.01. The maximum Gasteiger partial charge on any atom is 0.0541 e. The first-order valence-corrected chi connectivity index (χ1v) is 19.5. The van der Waals surface area contributed by atoms with Crippen molar-refractivity contribution in [1.29, 1.82) is 0 Å². The third-order valence-electron chi connectivity index (χ3n) is 11.8. The highest BCUT2D eigenvalue weighted by Gasteiger charge is 2.17. The summed E-state index contributed by atoms with van der Waals surface area (Å²) in [5.41, 5.74) is 17.2. The molecule has 262 valence electrons. The molecule has 3 nitrogen and oxygen atoms in total.